The molecule has 1 N–H and O–H groups in total. The Balaban J connectivity index is 1.75. The quantitative estimate of drug-likeness (QED) is 0.520. The average Bonchev–Trinajstić information content (AvgIpc) is 3.12. The zero-order valence-electron chi connectivity index (χ0n) is 17.4. The smallest absolute Gasteiger partial charge is 0.233 e. The summed E-state index contributed by atoms with van der Waals surface area (Å²) in [6, 6.07) is 16.6. The van der Waals surface area contributed by atoms with Gasteiger partial charge in [0.25, 0.3) is 0 Å². The molecule has 1 atom stereocenters. The number of sulfonamides is 1. The van der Waals surface area contributed by atoms with Crippen molar-refractivity contribution in [1.29, 1.82) is 0 Å². The predicted octanol–water partition coefficient (Wildman–Crippen LogP) is 4.36. The number of hydrogen-bond donors (Lipinski definition) is 1. The first-order valence-electron chi connectivity index (χ1n) is 9.76. The van der Waals surface area contributed by atoms with Crippen molar-refractivity contribution in [1.82, 2.24) is 19.3 Å². The molecule has 0 aliphatic rings. The van der Waals surface area contributed by atoms with E-state index >= 15 is 0 Å². The van der Waals surface area contributed by atoms with E-state index in [-0.39, 0.29) is 10.9 Å². The number of nitrogens with one attached hydrogen (secondary N) is 1. The van der Waals surface area contributed by atoms with Crippen molar-refractivity contribution in [3.63, 3.8) is 0 Å². The van der Waals surface area contributed by atoms with Crippen molar-refractivity contribution in [3.05, 3.63) is 83.3 Å². The third-order valence-electron chi connectivity index (χ3n) is 5.20. The van der Waals surface area contributed by atoms with Gasteiger partial charge in [0, 0.05) is 23.0 Å². The summed E-state index contributed by atoms with van der Waals surface area (Å²) in [4.78, 5) is 4.87. The molecule has 7 heteroatoms. The Hall–Kier alpha value is -3.03. The highest BCUT2D eigenvalue weighted by Gasteiger charge is 2.22. The van der Waals surface area contributed by atoms with Gasteiger partial charge in [-0.3, -0.25) is 0 Å². The first-order chi connectivity index (χ1) is 14.3. The van der Waals surface area contributed by atoms with Gasteiger partial charge in [-0.25, -0.2) is 22.6 Å². The second-order valence-electron chi connectivity index (χ2n) is 7.57. The summed E-state index contributed by atoms with van der Waals surface area (Å²) < 4.78 is 30.9. The highest BCUT2D eigenvalue weighted by Crippen LogP contribution is 2.29. The normalized spacial score (nSPS) is 12.9. The van der Waals surface area contributed by atoms with Crippen molar-refractivity contribution in [3.8, 4) is 11.1 Å². The highest BCUT2D eigenvalue weighted by molar-refractivity contribution is 7.89. The Bertz CT molecular complexity index is 1330. The third-order valence-corrected chi connectivity index (χ3v) is 6.88. The van der Waals surface area contributed by atoms with E-state index in [4.69, 9.17) is 0 Å². The standard InChI is InChI=1S/C23H24N4O2S/c1-15-10-11-20(21-14-24-27-17(3)12-16(2)25-23(21)27)13-22(15)30(28,29)26-18(4)19-8-6-5-7-9-19/h5-14,18,26H,1-4H3/t18-/m1/s1. The van der Waals surface area contributed by atoms with E-state index < -0.39 is 10.0 Å². The summed E-state index contributed by atoms with van der Waals surface area (Å²) in [5.74, 6) is 0. The van der Waals surface area contributed by atoms with E-state index in [9.17, 15) is 8.42 Å². The van der Waals surface area contributed by atoms with Crippen molar-refractivity contribution >= 4 is 15.7 Å². The SMILES string of the molecule is Cc1cc(C)n2ncc(-c3ccc(C)c(S(=O)(=O)N[C@H](C)c4ccccc4)c3)c2n1. The fourth-order valence-electron chi connectivity index (χ4n) is 3.64. The summed E-state index contributed by atoms with van der Waals surface area (Å²) in [6.07, 6.45) is 1.73. The molecule has 0 saturated carbocycles. The van der Waals surface area contributed by atoms with Crippen LogP contribution < -0.4 is 4.72 Å². The summed E-state index contributed by atoms with van der Waals surface area (Å²) >= 11 is 0. The molecular formula is C23H24N4O2S. The van der Waals surface area contributed by atoms with Gasteiger partial charge in [0.05, 0.1) is 11.1 Å². The zero-order chi connectivity index (χ0) is 21.5. The molecule has 0 spiro atoms. The van der Waals surface area contributed by atoms with Gasteiger partial charge < -0.3 is 0 Å². The molecule has 6 nitrogen and oxygen atoms in total. The lowest BCUT2D eigenvalue weighted by Gasteiger charge is -2.16. The van der Waals surface area contributed by atoms with Gasteiger partial charge in [-0.1, -0.05) is 42.5 Å². The van der Waals surface area contributed by atoms with Gasteiger partial charge in [0.15, 0.2) is 5.65 Å². The van der Waals surface area contributed by atoms with Gasteiger partial charge in [-0.05, 0) is 56.5 Å². The molecule has 0 amide bonds. The Morgan fingerprint density at radius 3 is 2.47 bits per heavy atom. The maximum atomic E-state index is 13.2. The van der Waals surface area contributed by atoms with Crippen LogP contribution in [0, 0.1) is 20.8 Å². The number of benzene rings is 2. The second-order valence-corrected chi connectivity index (χ2v) is 9.25. The first-order valence-corrected chi connectivity index (χ1v) is 11.2. The Morgan fingerprint density at radius 1 is 1.00 bits per heavy atom. The Morgan fingerprint density at radius 2 is 1.73 bits per heavy atom. The van der Waals surface area contributed by atoms with Crippen LogP contribution in [0.25, 0.3) is 16.8 Å². The van der Waals surface area contributed by atoms with Crippen molar-refractivity contribution < 1.29 is 8.42 Å². The number of hydrogen-bond acceptors (Lipinski definition) is 4. The molecule has 0 aliphatic heterocycles. The molecular weight excluding hydrogens is 396 g/mol. The minimum absolute atomic E-state index is 0.256. The third kappa shape index (κ3) is 3.74. The second kappa shape index (κ2) is 7.66. The topological polar surface area (TPSA) is 76.4 Å². The van der Waals surface area contributed by atoms with Crippen molar-refractivity contribution in [2.45, 2.75) is 38.6 Å². The van der Waals surface area contributed by atoms with Crippen LogP contribution in [0.5, 0.6) is 0 Å². The van der Waals surface area contributed by atoms with E-state index in [0.29, 0.717) is 11.2 Å². The van der Waals surface area contributed by atoms with Crippen LogP contribution in [-0.2, 0) is 10.0 Å². The molecule has 4 aromatic rings. The molecule has 0 unspecified atom stereocenters. The van der Waals surface area contributed by atoms with E-state index in [1.807, 2.05) is 69.3 Å². The van der Waals surface area contributed by atoms with Gasteiger partial charge >= 0.3 is 0 Å². The number of fused-ring (bicyclic) bond motifs is 1. The van der Waals surface area contributed by atoms with E-state index in [1.54, 1.807) is 23.7 Å². The van der Waals surface area contributed by atoms with Gasteiger partial charge in [-0.2, -0.15) is 5.10 Å². The zero-order valence-corrected chi connectivity index (χ0v) is 18.2. The fraction of sp³-hybridized carbons (Fsp3) is 0.217. The molecule has 30 heavy (non-hydrogen) atoms. The molecule has 2 aromatic heterocycles. The molecule has 0 aliphatic carbocycles. The van der Waals surface area contributed by atoms with Crippen LogP contribution in [0.2, 0.25) is 0 Å². The number of rotatable bonds is 5. The van der Waals surface area contributed by atoms with Crippen LogP contribution in [0.15, 0.2) is 65.7 Å². The van der Waals surface area contributed by atoms with Crippen LogP contribution in [-0.4, -0.2) is 23.0 Å². The van der Waals surface area contributed by atoms with Crippen LogP contribution >= 0.6 is 0 Å². The fourth-order valence-corrected chi connectivity index (χ4v) is 5.14. The van der Waals surface area contributed by atoms with Gasteiger partial charge in [-0.15, -0.1) is 0 Å². The summed E-state index contributed by atoms with van der Waals surface area (Å²) in [7, 11) is -3.72. The van der Waals surface area contributed by atoms with Crippen LogP contribution in [0.1, 0.15) is 35.5 Å². The van der Waals surface area contributed by atoms with E-state index in [1.165, 1.54) is 0 Å². The summed E-state index contributed by atoms with van der Waals surface area (Å²) in [5.41, 5.74) is 5.73. The Kier molecular flexibility index (Phi) is 5.17. The Labute approximate surface area is 176 Å². The van der Waals surface area contributed by atoms with Gasteiger partial charge in [0.1, 0.15) is 0 Å². The minimum atomic E-state index is -3.72. The number of nitrogens with zero attached hydrogens (tertiary/aromatic N) is 3. The van der Waals surface area contributed by atoms with Crippen LogP contribution in [0.3, 0.4) is 0 Å². The molecule has 2 heterocycles. The largest absolute Gasteiger partial charge is 0.241 e. The van der Waals surface area contributed by atoms with E-state index in [2.05, 4.69) is 14.8 Å². The molecule has 0 bridgehead atoms. The lowest BCUT2D eigenvalue weighted by Crippen LogP contribution is -2.27. The molecule has 2 aromatic carbocycles. The minimum Gasteiger partial charge on any atom is -0.233 e. The lowest BCUT2D eigenvalue weighted by molar-refractivity contribution is 0.566. The van der Waals surface area contributed by atoms with Crippen LogP contribution in [0.4, 0.5) is 0 Å². The molecule has 0 fully saturated rings. The average molecular weight is 421 g/mol. The maximum Gasteiger partial charge on any atom is 0.241 e. The first kappa shape index (κ1) is 20.3. The molecule has 154 valence electrons. The van der Waals surface area contributed by atoms with Crippen molar-refractivity contribution in [2.24, 2.45) is 0 Å². The number of aromatic nitrogens is 3. The lowest BCUT2D eigenvalue weighted by atomic mass is 10.1. The molecule has 0 saturated heterocycles. The summed E-state index contributed by atoms with van der Waals surface area (Å²) in [5, 5.41) is 4.43. The predicted molar refractivity (Wildman–Crippen MR) is 118 cm³/mol. The van der Waals surface area contributed by atoms with E-state index in [0.717, 1.165) is 28.1 Å². The maximum absolute atomic E-state index is 13.2. The van der Waals surface area contributed by atoms with Crippen molar-refractivity contribution in [2.75, 3.05) is 0 Å². The monoisotopic (exact) mass is 420 g/mol. The molecule has 0 radical (unpaired) electrons. The van der Waals surface area contributed by atoms with Gasteiger partial charge in [0.2, 0.25) is 10.0 Å². The summed E-state index contributed by atoms with van der Waals surface area (Å²) in [6.45, 7) is 7.54. The highest BCUT2D eigenvalue weighted by atomic mass is 32.2. The number of aryl methyl sites for hydroxylation is 3. The molecule has 4 rings (SSSR count).